The normalized spacial score (nSPS) is 10.6. The van der Waals surface area contributed by atoms with Crippen LogP contribution in [0, 0.1) is 0 Å². The highest BCUT2D eigenvalue weighted by molar-refractivity contribution is 5.69. The van der Waals surface area contributed by atoms with E-state index in [9.17, 15) is 4.79 Å². The van der Waals surface area contributed by atoms with Gasteiger partial charge in [0, 0.05) is 6.42 Å². The number of aryl methyl sites for hydroxylation is 1. The maximum atomic E-state index is 10.9. The molecule has 0 atom stereocenters. The third kappa shape index (κ3) is 5.53. The Morgan fingerprint density at radius 1 is 1.11 bits per heavy atom. The summed E-state index contributed by atoms with van der Waals surface area (Å²) in [4.78, 5) is 10.9. The minimum Gasteiger partial charge on any atom is -0.497 e. The van der Waals surface area contributed by atoms with E-state index in [-0.39, 0.29) is 5.97 Å². The van der Waals surface area contributed by atoms with E-state index in [2.05, 4.69) is 22.9 Å². The second-order valence-corrected chi connectivity index (χ2v) is 3.97. The lowest BCUT2D eigenvalue weighted by atomic mass is 10.1. The molecule has 1 rings (SSSR count). The summed E-state index contributed by atoms with van der Waals surface area (Å²) in [6, 6.07) is 8.08. The highest BCUT2D eigenvalue weighted by Gasteiger charge is 1.96. The van der Waals surface area contributed by atoms with E-state index >= 15 is 0 Å². The van der Waals surface area contributed by atoms with Crippen molar-refractivity contribution in [3.8, 4) is 5.75 Å². The average molecular weight is 248 g/mol. The summed E-state index contributed by atoms with van der Waals surface area (Å²) in [6.45, 7) is 0. The largest absolute Gasteiger partial charge is 0.497 e. The average Bonchev–Trinajstić information content (AvgIpc) is 2.43. The molecule has 0 spiro atoms. The minimum absolute atomic E-state index is 0.158. The van der Waals surface area contributed by atoms with E-state index in [0.29, 0.717) is 6.42 Å². The first kappa shape index (κ1) is 14.3. The van der Waals surface area contributed by atoms with Crippen molar-refractivity contribution in [2.24, 2.45) is 0 Å². The molecule has 0 heterocycles. The van der Waals surface area contributed by atoms with Crippen LogP contribution in [0.2, 0.25) is 0 Å². The Morgan fingerprint density at radius 2 is 1.78 bits per heavy atom. The van der Waals surface area contributed by atoms with Crippen LogP contribution >= 0.6 is 0 Å². The molecule has 0 aromatic heterocycles. The molecule has 1 aromatic carbocycles. The van der Waals surface area contributed by atoms with Crippen molar-refractivity contribution in [3.05, 3.63) is 42.0 Å². The van der Waals surface area contributed by atoms with Crippen LogP contribution in [0.4, 0.5) is 0 Å². The van der Waals surface area contributed by atoms with E-state index in [1.165, 1.54) is 12.7 Å². The molecule has 98 valence electrons. The van der Waals surface area contributed by atoms with Crippen LogP contribution in [-0.4, -0.2) is 20.2 Å². The van der Waals surface area contributed by atoms with Gasteiger partial charge in [-0.2, -0.15) is 0 Å². The van der Waals surface area contributed by atoms with Crippen LogP contribution < -0.4 is 4.74 Å². The summed E-state index contributed by atoms with van der Waals surface area (Å²) < 4.78 is 9.67. The molecule has 0 aliphatic carbocycles. The number of rotatable bonds is 7. The standard InChI is InChI=1S/C15H20O3/c1-17-14-11-9-13(10-12-14)7-5-3-4-6-8-15(16)18-2/h3-4,9-12H,5-8H2,1-2H3. The maximum absolute atomic E-state index is 10.9. The molecular formula is C15H20O3. The minimum atomic E-state index is -0.158. The van der Waals surface area contributed by atoms with Crippen LogP contribution in [0.15, 0.2) is 36.4 Å². The Labute approximate surface area is 108 Å². The van der Waals surface area contributed by atoms with Crippen molar-refractivity contribution in [1.29, 1.82) is 0 Å². The van der Waals surface area contributed by atoms with Crippen LogP contribution in [0.1, 0.15) is 24.8 Å². The van der Waals surface area contributed by atoms with Gasteiger partial charge in [0.1, 0.15) is 5.75 Å². The first-order chi connectivity index (χ1) is 8.76. The van der Waals surface area contributed by atoms with Crippen molar-refractivity contribution < 1.29 is 14.3 Å². The predicted molar refractivity (Wildman–Crippen MR) is 71.7 cm³/mol. The number of methoxy groups -OCH3 is 2. The lowest BCUT2D eigenvalue weighted by Crippen LogP contribution is -1.97. The SMILES string of the molecule is COC(=O)CCC=CCCc1ccc(OC)cc1. The summed E-state index contributed by atoms with van der Waals surface area (Å²) in [5, 5.41) is 0. The fourth-order valence-electron chi connectivity index (χ4n) is 1.58. The molecule has 0 bridgehead atoms. The summed E-state index contributed by atoms with van der Waals surface area (Å²) in [5.74, 6) is 0.724. The number of ether oxygens (including phenoxy) is 2. The van der Waals surface area contributed by atoms with Crippen molar-refractivity contribution in [3.63, 3.8) is 0 Å². The number of esters is 1. The number of allylic oxidation sites excluding steroid dienone is 2. The molecule has 1 aromatic rings. The van der Waals surface area contributed by atoms with Crippen molar-refractivity contribution in [1.82, 2.24) is 0 Å². The third-order valence-corrected chi connectivity index (χ3v) is 2.67. The van der Waals surface area contributed by atoms with Crippen LogP contribution in [0.5, 0.6) is 5.75 Å². The molecule has 0 fully saturated rings. The number of carbonyl (C=O) groups is 1. The molecule has 3 heteroatoms. The Morgan fingerprint density at radius 3 is 2.39 bits per heavy atom. The van der Waals surface area contributed by atoms with Gasteiger partial charge < -0.3 is 9.47 Å². The highest BCUT2D eigenvalue weighted by atomic mass is 16.5. The zero-order valence-electron chi connectivity index (χ0n) is 11.0. The van der Waals surface area contributed by atoms with Crippen LogP contribution in [0.3, 0.4) is 0 Å². The smallest absolute Gasteiger partial charge is 0.305 e. The molecule has 0 aliphatic rings. The molecule has 0 saturated carbocycles. The van der Waals surface area contributed by atoms with Gasteiger partial charge >= 0.3 is 5.97 Å². The van der Waals surface area contributed by atoms with E-state index in [4.69, 9.17) is 4.74 Å². The summed E-state index contributed by atoms with van der Waals surface area (Å²) in [5.41, 5.74) is 1.29. The van der Waals surface area contributed by atoms with Crippen LogP contribution in [-0.2, 0) is 16.0 Å². The van der Waals surface area contributed by atoms with Gasteiger partial charge in [-0.3, -0.25) is 4.79 Å². The van der Waals surface area contributed by atoms with Gasteiger partial charge in [-0.1, -0.05) is 24.3 Å². The van der Waals surface area contributed by atoms with Gasteiger partial charge in [0.25, 0.3) is 0 Å². The lowest BCUT2D eigenvalue weighted by molar-refractivity contribution is -0.140. The molecule has 18 heavy (non-hydrogen) atoms. The van der Waals surface area contributed by atoms with Gasteiger partial charge in [-0.25, -0.2) is 0 Å². The summed E-state index contributed by atoms with van der Waals surface area (Å²) in [7, 11) is 3.08. The number of benzene rings is 1. The zero-order valence-corrected chi connectivity index (χ0v) is 11.0. The zero-order chi connectivity index (χ0) is 13.2. The monoisotopic (exact) mass is 248 g/mol. The van der Waals surface area contributed by atoms with Gasteiger partial charge in [-0.05, 0) is 37.0 Å². The fourth-order valence-corrected chi connectivity index (χ4v) is 1.58. The van der Waals surface area contributed by atoms with Gasteiger partial charge in [0.15, 0.2) is 0 Å². The topological polar surface area (TPSA) is 35.5 Å². The first-order valence-electron chi connectivity index (χ1n) is 6.11. The Kier molecular flexibility index (Phi) is 6.62. The second-order valence-electron chi connectivity index (χ2n) is 3.97. The van der Waals surface area contributed by atoms with E-state index < -0.39 is 0 Å². The fraction of sp³-hybridized carbons (Fsp3) is 0.400. The maximum Gasteiger partial charge on any atom is 0.305 e. The Balaban J connectivity index is 2.20. The van der Waals surface area contributed by atoms with E-state index in [1.54, 1.807) is 7.11 Å². The van der Waals surface area contributed by atoms with E-state index in [0.717, 1.165) is 25.0 Å². The molecule has 0 N–H and O–H groups in total. The molecule has 0 radical (unpaired) electrons. The second kappa shape index (κ2) is 8.34. The predicted octanol–water partition coefficient (Wildman–Crippen LogP) is 3.14. The Hall–Kier alpha value is -1.77. The van der Waals surface area contributed by atoms with E-state index in [1.807, 2.05) is 18.2 Å². The molecule has 0 amide bonds. The Bertz CT molecular complexity index is 379. The summed E-state index contributed by atoms with van der Waals surface area (Å²) >= 11 is 0. The first-order valence-corrected chi connectivity index (χ1v) is 6.11. The molecular weight excluding hydrogens is 228 g/mol. The molecule has 0 unspecified atom stereocenters. The number of hydrogen-bond acceptors (Lipinski definition) is 3. The quantitative estimate of drug-likeness (QED) is 0.549. The molecule has 0 aliphatic heterocycles. The van der Waals surface area contributed by atoms with Gasteiger partial charge in [0.2, 0.25) is 0 Å². The van der Waals surface area contributed by atoms with Crippen molar-refractivity contribution in [2.75, 3.05) is 14.2 Å². The number of hydrogen-bond donors (Lipinski definition) is 0. The number of carbonyl (C=O) groups excluding carboxylic acids is 1. The van der Waals surface area contributed by atoms with Crippen molar-refractivity contribution in [2.45, 2.75) is 25.7 Å². The summed E-state index contributed by atoms with van der Waals surface area (Å²) in [6.07, 6.45) is 7.31. The lowest BCUT2D eigenvalue weighted by Gasteiger charge is -2.01. The van der Waals surface area contributed by atoms with Gasteiger partial charge in [0.05, 0.1) is 14.2 Å². The van der Waals surface area contributed by atoms with Gasteiger partial charge in [-0.15, -0.1) is 0 Å². The third-order valence-electron chi connectivity index (χ3n) is 2.67. The highest BCUT2D eigenvalue weighted by Crippen LogP contribution is 2.12. The van der Waals surface area contributed by atoms with Crippen molar-refractivity contribution >= 4 is 5.97 Å². The molecule has 3 nitrogen and oxygen atoms in total. The molecule has 0 saturated heterocycles. The van der Waals surface area contributed by atoms with Crippen LogP contribution in [0.25, 0.3) is 0 Å².